The highest BCUT2D eigenvalue weighted by Gasteiger charge is 2.24. The molecule has 180 valence electrons. The van der Waals surface area contributed by atoms with E-state index in [1.54, 1.807) is 12.1 Å². The molecule has 1 N–H and O–H groups in total. The number of aryl methyl sites for hydroxylation is 1. The highest BCUT2D eigenvalue weighted by Crippen LogP contribution is 2.32. The van der Waals surface area contributed by atoms with Crippen molar-refractivity contribution in [3.05, 3.63) is 48.0 Å². The minimum Gasteiger partial charge on any atom is -0.507 e. The van der Waals surface area contributed by atoms with Crippen LogP contribution in [0.25, 0.3) is 22.3 Å². The van der Waals surface area contributed by atoms with Crippen molar-refractivity contribution in [3.63, 3.8) is 0 Å². The molecule has 1 aliphatic rings. The Bertz CT molecular complexity index is 1140. The molecule has 0 bridgehead atoms. The standard InChI is InChI=1S/C27H35N5O2/c1-4-13-30(5-2)14-12-25(34)31-15-17-32(18-16-31)27-21-11-10-20(3)19-23(21)28-26(29-27)22-8-6-7-9-24(22)33/h6-11,19,33H,4-5,12-18H2,1-3H3. The van der Waals surface area contributed by atoms with E-state index in [-0.39, 0.29) is 11.7 Å². The van der Waals surface area contributed by atoms with Gasteiger partial charge in [-0.25, -0.2) is 9.97 Å². The molecule has 0 aliphatic carbocycles. The molecule has 1 saturated heterocycles. The lowest BCUT2D eigenvalue weighted by atomic mass is 10.1. The van der Waals surface area contributed by atoms with Crippen LogP contribution in [0.3, 0.4) is 0 Å². The second kappa shape index (κ2) is 10.8. The monoisotopic (exact) mass is 461 g/mol. The maximum atomic E-state index is 12.8. The van der Waals surface area contributed by atoms with Crippen LogP contribution in [-0.4, -0.2) is 76.6 Å². The van der Waals surface area contributed by atoms with E-state index in [1.807, 2.05) is 24.0 Å². The summed E-state index contributed by atoms with van der Waals surface area (Å²) in [6.07, 6.45) is 1.68. The molecule has 1 amide bonds. The van der Waals surface area contributed by atoms with Crippen LogP contribution in [0, 0.1) is 6.92 Å². The topological polar surface area (TPSA) is 72.8 Å². The van der Waals surface area contributed by atoms with Crippen LogP contribution in [0.4, 0.5) is 5.82 Å². The van der Waals surface area contributed by atoms with E-state index in [0.29, 0.717) is 30.9 Å². The first-order chi connectivity index (χ1) is 16.5. The van der Waals surface area contributed by atoms with Crippen molar-refractivity contribution >= 4 is 22.6 Å². The molecule has 0 atom stereocenters. The van der Waals surface area contributed by atoms with Crippen LogP contribution in [0.5, 0.6) is 5.75 Å². The molecular formula is C27H35N5O2. The van der Waals surface area contributed by atoms with Gasteiger partial charge in [-0.05, 0) is 56.3 Å². The molecule has 0 saturated carbocycles. The van der Waals surface area contributed by atoms with Crippen LogP contribution in [0.15, 0.2) is 42.5 Å². The largest absolute Gasteiger partial charge is 0.507 e. The number of carbonyl (C=O) groups excluding carboxylic acids is 1. The first-order valence-electron chi connectivity index (χ1n) is 12.3. The van der Waals surface area contributed by atoms with Crippen molar-refractivity contribution in [3.8, 4) is 17.1 Å². The zero-order valence-electron chi connectivity index (χ0n) is 20.5. The molecule has 7 heteroatoms. The number of phenolic OH excluding ortho intramolecular Hbond substituents is 1. The summed E-state index contributed by atoms with van der Waals surface area (Å²) in [5, 5.41) is 11.4. The van der Waals surface area contributed by atoms with Gasteiger partial charge in [-0.1, -0.05) is 32.0 Å². The minimum absolute atomic E-state index is 0.167. The number of carbonyl (C=O) groups is 1. The van der Waals surface area contributed by atoms with Gasteiger partial charge in [0.05, 0.1) is 11.1 Å². The lowest BCUT2D eigenvalue weighted by Crippen LogP contribution is -2.49. The predicted molar refractivity (Wildman–Crippen MR) is 137 cm³/mol. The Hall–Kier alpha value is -3.19. The lowest BCUT2D eigenvalue weighted by Gasteiger charge is -2.36. The Balaban J connectivity index is 1.53. The maximum Gasteiger partial charge on any atom is 0.223 e. The van der Waals surface area contributed by atoms with Gasteiger partial charge in [-0.2, -0.15) is 0 Å². The third-order valence-corrected chi connectivity index (χ3v) is 6.54. The number of hydrogen-bond acceptors (Lipinski definition) is 6. The Morgan fingerprint density at radius 2 is 1.79 bits per heavy atom. The van der Waals surface area contributed by atoms with Crippen LogP contribution in [0.1, 0.15) is 32.3 Å². The Kier molecular flexibility index (Phi) is 7.63. The number of rotatable bonds is 8. The number of para-hydroxylation sites is 1. The van der Waals surface area contributed by atoms with E-state index in [0.717, 1.165) is 61.4 Å². The zero-order chi connectivity index (χ0) is 24.1. The lowest BCUT2D eigenvalue weighted by molar-refractivity contribution is -0.131. The van der Waals surface area contributed by atoms with Crippen molar-refractivity contribution in [1.29, 1.82) is 0 Å². The highest BCUT2D eigenvalue weighted by atomic mass is 16.3. The van der Waals surface area contributed by atoms with Gasteiger partial charge >= 0.3 is 0 Å². The molecular weight excluding hydrogens is 426 g/mol. The van der Waals surface area contributed by atoms with E-state index in [2.05, 4.69) is 41.8 Å². The molecule has 4 rings (SSSR count). The number of amides is 1. The van der Waals surface area contributed by atoms with Gasteiger partial charge in [0.2, 0.25) is 5.91 Å². The molecule has 2 heterocycles. The number of fused-ring (bicyclic) bond motifs is 1. The number of aromatic hydroxyl groups is 1. The fourth-order valence-electron chi connectivity index (χ4n) is 4.57. The van der Waals surface area contributed by atoms with Gasteiger partial charge in [-0.15, -0.1) is 0 Å². The molecule has 0 spiro atoms. The van der Waals surface area contributed by atoms with Crippen LogP contribution >= 0.6 is 0 Å². The van der Waals surface area contributed by atoms with Gasteiger partial charge in [0.25, 0.3) is 0 Å². The van der Waals surface area contributed by atoms with Crippen LogP contribution in [0.2, 0.25) is 0 Å². The van der Waals surface area contributed by atoms with Crippen molar-refractivity contribution in [2.45, 2.75) is 33.6 Å². The molecule has 1 fully saturated rings. The van der Waals surface area contributed by atoms with E-state index in [9.17, 15) is 9.90 Å². The summed E-state index contributed by atoms with van der Waals surface area (Å²) in [6, 6.07) is 13.4. The average Bonchev–Trinajstić information content (AvgIpc) is 2.86. The van der Waals surface area contributed by atoms with E-state index in [1.165, 1.54) is 0 Å². The second-order valence-corrected chi connectivity index (χ2v) is 8.96. The van der Waals surface area contributed by atoms with Gasteiger partial charge in [0.15, 0.2) is 5.82 Å². The van der Waals surface area contributed by atoms with E-state index < -0.39 is 0 Å². The number of aromatic nitrogens is 2. The van der Waals surface area contributed by atoms with Gasteiger partial charge in [-0.3, -0.25) is 4.79 Å². The maximum absolute atomic E-state index is 12.8. The molecule has 0 radical (unpaired) electrons. The fourth-order valence-corrected chi connectivity index (χ4v) is 4.57. The number of nitrogens with zero attached hydrogens (tertiary/aromatic N) is 5. The molecule has 1 aromatic heterocycles. The van der Waals surface area contributed by atoms with Crippen molar-refractivity contribution in [2.75, 3.05) is 50.7 Å². The summed E-state index contributed by atoms with van der Waals surface area (Å²) in [5.74, 6) is 1.77. The molecule has 7 nitrogen and oxygen atoms in total. The number of benzene rings is 2. The number of hydrogen-bond donors (Lipinski definition) is 1. The summed E-state index contributed by atoms with van der Waals surface area (Å²) in [4.78, 5) is 29.0. The van der Waals surface area contributed by atoms with Gasteiger partial charge in [0, 0.05) is 44.5 Å². The zero-order valence-corrected chi connectivity index (χ0v) is 20.5. The van der Waals surface area contributed by atoms with E-state index in [4.69, 9.17) is 9.97 Å². The average molecular weight is 462 g/mol. The fraction of sp³-hybridized carbons (Fsp3) is 0.444. The molecule has 3 aromatic rings. The molecule has 34 heavy (non-hydrogen) atoms. The number of anilines is 1. The smallest absolute Gasteiger partial charge is 0.223 e. The third-order valence-electron chi connectivity index (χ3n) is 6.54. The van der Waals surface area contributed by atoms with Crippen molar-refractivity contribution in [2.24, 2.45) is 0 Å². The summed E-state index contributed by atoms with van der Waals surface area (Å²) in [7, 11) is 0. The second-order valence-electron chi connectivity index (χ2n) is 8.96. The Morgan fingerprint density at radius 1 is 1.03 bits per heavy atom. The summed E-state index contributed by atoms with van der Waals surface area (Å²) in [5.41, 5.74) is 2.60. The van der Waals surface area contributed by atoms with Gasteiger partial charge in [0.1, 0.15) is 11.6 Å². The van der Waals surface area contributed by atoms with Gasteiger partial charge < -0.3 is 19.8 Å². The third kappa shape index (κ3) is 5.30. The normalized spacial score (nSPS) is 14.2. The Labute approximate surface area is 202 Å². The van der Waals surface area contributed by atoms with Crippen LogP contribution in [-0.2, 0) is 4.79 Å². The van der Waals surface area contributed by atoms with Crippen LogP contribution < -0.4 is 4.90 Å². The SMILES string of the molecule is CCCN(CC)CCC(=O)N1CCN(c2nc(-c3ccccc3O)nc3cc(C)ccc23)CC1. The minimum atomic E-state index is 0.167. The predicted octanol–water partition coefficient (Wildman–Crippen LogP) is 4.08. The van der Waals surface area contributed by atoms with E-state index >= 15 is 0 Å². The number of piperazine rings is 1. The Morgan fingerprint density at radius 3 is 2.50 bits per heavy atom. The summed E-state index contributed by atoms with van der Waals surface area (Å²) >= 11 is 0. The summed E-state index contributed by atoms with van der Waals surface area (Å²) in [6.45, 7) is 12.0. The quantitative estimate of drug-likeness (QED) is 0.545. The molecule has 1 aliphatic heterocycles. The number of phenols is 1. The first kappa shape index (κ1) is 24.0. The summed E-state index contributed by atoms with van der Waals surface area (Å²) < 4.78 is 0. The first-order valence-corrected chi connectivity index (χ1v) is 12.3. The molecule has 2 aromatic carbocycles. The molecule has 0 unspecified atom stereocenters. The highest BCUT2D eigenvalue weighted by molar-refractivity contribution is 5.92. The van der Waals surface area contributed by atoms with Crippen molar-refractivity contribution < 1.29 is 9.90 Å². The van der Waals surface area contributed by atoms with Crippen molar-refractivity contribution in [1.82, 2.24) is 19.8 Å².